The number of carbonyl (C=O) groups is 2. The number of nitrogens with one attached hydrogen (secondary N) is 1. The Bertz CT molecular complexity index is 583. The zero-order chi connectivity index (χ0) is 17.5. The van der Waals surface area contributed by atoms with Gasteiger partial charge in [0.15, 0.2) is 18.1 Å². The van der Waals surface area contributed by atoms with E-state index in [1.165, 1.54) is 0 Å². The van der Waals surface area contributed by atoms with Crippen LogP contribution in [0.15, 0.2) is 18.2 Å². The van der Waals surface area contributed by atoms with Crippen molar-refractivity contribution in [1.29, 1.82) is 0 Å². The Morgan fingerprint density at radius 1 is 1.21 bits per heavy atom. The molecule has 1 atom stereocenters. The SMILES string of the molecule is COc1ccc(CCC(=O)OCC(=O)N[C@@H](C)C2CC2)cc1OC. The molecule has 1 fully saturated rings. The average molecular weight is 335 g/mol. The second-order valence-corrected chi connectivity index (χ2v) is 6.04. The number of benzene rings is 1. The molecule has 2 rings (SSSR count). The summed E-state index contributed by atoms with van der Waals surface area (Å²) < 4.78 is 15.4. The number of carbonyl (C=O) groups excluding carboxylic acids is 2. The van der Waals surface area contributed by atoms with Crippen LogP contribution in [0.25, 0.3) is 0 Å². The van der Waals surface area contributed by atoms with Crippen molar-refractivity contribution >= 4 is 11.9 Å². The molecule has 0 radical (unpaired) electrons. The topological polar surface area (TPSA) is 73.9 Å². The number of methoxy groups -OCH3 is 2. The molecule has 132 valence electrons. The number of hydrogen-bond donors (Lipinski definition) is 1. The Labute approximate surface area is 142 Å². The van der Waals surface area contributed by atoms with Gasteiger partial charge in [-0.3, -0.25) is 9.59 Å². The maximum Gasteiger partial charge on any atom is 0.306 e. The molecule has 0 spiro atoms. The second-order valence-electron chi connectivity index (χ2n) is 6.04. The van der Waals surface area contributed by atoms with Crippen LogP contribution in [0.3, 0.4) is 0 Å². The van der Waals surface area contributed by atoms with E-state index in [1.807, 2.05) is 19.1 Å². The summed E-state index contributed by atoms with van der Waals surface area (Å²) in [5.74, 6) is 1.21. The summed E-state index contributed by atoms with van der Waals surface area (Å²) in [5.41, 5.74) is 0.941. The monoisotopic (exact) mass is 335 g/mol. The molecule has 0 bridgehead atoms. The molecule has 1 amide bonds. The first-order valence-corrected chi connectivity index (χ1v) is 8.19. The number of amides is 1. The van der Waals surface area contributed by atoms with E-state index in [0.717, 1.165) is 18.4 Å². The molecule has 1 aliphatic carbocycles. The third-order valence-corrected chi connectivity index (χ3v) is 4.15. The van der Waals surface area contributed by atoms with E-state index >= 15 is 0 Å². The van der Waals surface area contributed by atoms with Gasteiger partial charge in [0.05, 0.1) is 14.2 Å². The normalized spacial score (nSPS) is 14.6. The van der Waals surface area contributed by atoms with Crippen LogP contribution < -0.4 is 14.8 Å². The maximum atomic E-state index is 11.8. The molecule has 1 aromatic rings. The smallest absolute Gasteiger partial charge is 0.306 e. The lowest BCUT2D eigenvalue weighted by molar-refractivity contribution is -0.148. The van der Waals surface area contributed by atoms with Gasteiger partial charge in [-0.15, -0.1) is 0 Å². The minimum atomic E-state index is -0.390. The number of rotatable bonds is 9. The predicted molar refractivity (Wildman–Crippen MR) is 89.2 cm³/mol. The van der Waals surface area contributed by atoms with E-state index in [-0.39, 0.29) is 30.9 Å². The molecular weight excluding hydrogens is 310 g/mol. The summed E-state index contributed by atoms with van der Waals surface area (Å²) in [6, 6.07) is 5.66. The molecule has 0 saturated heterocycles. The molecule has 6 nitrogen and oxygen atoms in total. The third-order valence-electron chi connectivity index (χ3n) is 4.15. The van der Waals surface area contributed by atoms with Gasteiger partial charge in [-0.25, -0.2) is 0 Å². The summed E-state index contributed by atoms with van der Waals surface area (Å²) >= 11 is 0. The Morgan fingerprint density at radius 3 is 2.54 bits per heavy atom. The molecule has 0 heterocycles. The molecule has 6 heteroatoms. The maximum absolute atomic E-state index is 11.8. The Kier molecular flexibility index (Phi) is 6.46. The Balaban J connectivity index is 1.71. The molecule has 0 unspecified atom stereocenters. The largest absolute Gasteiger partial charge is 0.493 e. The van der Waals surface area contributed by atoms with Crippen molar-refractivity contribution in [2.24, 2.45) is 5.92 Å². The summed E-state index contributed by atoms with van der Waals surface area (Å²) in [5, 5.41) is 2.85. The summed E-state index contributed by atoms with van der Waals surface area (Å²) in [7, 11) is 3.14. The summed E-state index contributed by atoms with van der Waals surface area (Å²) in [6.45, 7) is 1.76. The van der Waals surface area contributed by atoms with Gasteiger partial charge in [-0.1, -0.05) is 6.07 Å². The van der Waals surface area contributed by atoms with Crippen molar-refractivity contribution in [2.45, 2.75) is 38.6 Å². The first-order chi connectivity index (χ1) is 11.5. The van der Waals surface area contributed by atoms with Gasteiger partial charge < -0.3 is 19.5 Å². The molecule has 1 saturated carbocycles. The minimum absolute atomic E-state index is 0.156. The highest BCUT2D eigenvalue weighted by Gasteiger charge is 2.28. The predicted octanol–water partition coefficient (Wildman–Crippen LogP) is 2.09. The van der Waals surface area contributed by atoms with E-state index in [2.05, 4.69) is 5.32 Å². The lowest BCUT2D eigenvalue weighted by atomic mass is 10.1. The Hall–Kier alpha value is -2.24. The highest BCUT2D eigenvalue weighted by Crippen LogP contribution is 2.32. The van der Waals surface area contributed by atoms with Crippen molar-refractivity contribution in [1.82, 2.24) is 5.32 Å². The van der Waals surface area contributed by atoms with Crippen LogP contribution in [0, 0.1) is 5.92 Å². The van der Waals surface area contributed by atoms with Crippen molar-refractivity contribution < 1.29 is 23.8 Å². The van der Waals surface area contributed by atoms with Gasteiger partial charge in [-0.05, 0) is 49.8 Å². The van der Waals surface area contributed by atoms with Crippen molar-refractivity contribution in [3.05, 3.63) is 23.8 Å². The van der Waals surface area contributed by atoms with Crippen molar-refractivity contribution in [3.63, 3.8) is 0 Å². The number of aryl methyl sites for hydroxylation is 1. The molecule has 1 aromatic carbocycles. The quantitative estimate of drug-likeness (QED) is 0.700. The van der Waals surface area contributed by atoms with E-state index in [0.29, 0.717) is 23.8 Å². The Morgan fingerprint density at radius 2 is 1.92 bits per heavy atom. The molecule has 1 N–H and O–H groups in total. The summed E-state index contributed by atoms with van der Waals surface area (Å²) in [6.07, 6.45) is 3.04. The highest BCUT2D eigenvalue weighted by molar-refractivity contribution is 5.80. The second kappa shape index (κ2) is 8.57. The minimum Gasteiger partial charge on any atom is -0.493 e. The standard InChI is InChI=1S/C18H25NO5/c1-12(14-6-7-14)19-17(20)11-24-18(21)9-5-13-4-8-15(22-2)16(10-13)23-3/h4,8,10,12,14H,5-7,9,11H2,1-3H3,(H,19,20)/t12-/m0/s1. The van der Waals surface area contributed by atoms with Crippen LogP contribution in [0.4, 0.5) is 0 Å². The average Bonchev–Trinajstić information content (AvgIpc) is 3.42. The number of hydrogen-bond acceptors (Lipinski definition) is 5. The third kappa shape index (κ3) is 5.44. The fourth-order valence-electron chi connectivity index (χ4n) is 2.51. The van der Waals surface area contributed by atoms with E-state index in [9.17, 15) is 9.59 Å². The molecule has 0 aromatic heterocycles. The zero-order valence-electron chi connectivity index (χ0n) is 14.5. The van der Waals surface area contributed by atoms with Gasteiger partial charge in [0.25, 0.3) is 5.91 Å². The number of ether oxygens (including phenoxy) is 3. The van der Waals surface area contributed by atoms with Gasteiger partial charge in [-0.2, -0.15) is 0 Å². The van der Waals surface area contributed by atoms with Gasteiger partial charge in [0.1, 0.15) is 0 Å². The van der Waals surface area contributed by atoms with E-state index in [4.69, 9.17) is 14.2 Å². The fraction of sp³-hybridized carbons (Fsp3) is 0.556. The zero-order valence-corrected chi connectivity index (χ0v) is 14.5. The first-order valence-electron chi connectivity index (χ1n) is 8.19. The molecule has 0 aliphatic heterocycles. The van der Waals surface area contributed by atoms with E-state index in [1.54, 1.807) is 20.3 Å². The van der Waals surface area contributed by atoms with Crippen LogP contribution in [-0.4, -0.2) is 38.7 Å². The summed E-state index contributed by atoms with van der Waals surface area (Å²) in [4.78, 5) is 23.5. The van der Waals surface area contributed by atoms with Crippen LogP contribution in [0.2, 0.25) is 0 Å². The van der Waals surface area contributed by atoms with Gasteiger partial charge >= 0.3 is 5.97 Å². The van der Waals surface area contributed by atoms with Crippen molar-refractivity contribution in [3.8, 4) is 11.5 Å². The van der Waals surface area contributed by atoms with Gasteiger partial charge in [0.2, 0.25) is 0 Å². The van der Waals surface area contributed by atoms with Crippen molar-refractivity contribution in [2.75, 3.05) is 20.8 Å². The van der Waals surface area contributed by atoms with E-state index < -0.39 is 0 Å². The fourth-order valence-corrected chi connectivity index (χ4v) is 2.51. The lowest BCUT2D eigenvalue weighted by Gasteiger charge is -2.13. The highest BCUT2D eigenvalue weighted by atomic mass is 16.5. The van der Waals surface area contributed by atoms with Crippen LogP contribution >= 0.6 is 0 Å². The molecule has 24 heavy (non-hydrogen) atoms. The molecule has 1 aliphatic rings. The number of esters is 1. The van der Waals surface area contributed by atoms with Crippen LogP contribution in [0.1, 0.15) is 31.7 Å². The molecular formula is C18H25NO5. The van der Waals surface area contributed by atoms with Crippen LogP contribution in [0.5, 0.6) is 11.5 Å². The van der Waals surface area contributed by atoms with Gasteiger partial charge in [0, 0.05) is 12.5 Å². The lowest BCUT2D eigenvalue weighted by Crippen LogP contribution is -2.37. The van der Waals surface area contributed by atoms with Crippen LogP contribution in [-0.2, 0) is 20.7 Å². The first kappa shape index (κ1) is 18.1.